The molecule has 0 fully saturated rings. The van der Waals surface area contributed by atoms with Crippen molar-refractivity contribution < 1.29 is 9.53 Å². The highest BCUT2D eigenvalue weighted by Crippen LogP contribution is 2.33. The topological polar surface area (TPSA) is 51.2 Å². The number of hydrogen-bond donors (Lipinski definition) is 1. The van der Waals surface area contributed by atoms with Gasteiger partial charge >= 0.3 is 0 Å². The third kappa shape index (κ3) is 3.38. The molecule has 0 aliphatic rings. The summed E-state index contributed by atoms with van der Waals surface area (Å²) in [5, 5.41) is 7.25. The average molecular weight is 379 g/mol. The Hall–Kier alpha value is -2.08. The summed E-state index contributed by atoms with van der Waals surface area (Å²) in [5.41, 5.74) is 2.65. The maximum atomic E-state index is 12.6. The van der Waals surface area contributed by atoms with Crippen LogP contribution in [0, 0.1) is 0 Å². The Morgan fingerprint density at radius 3 is 2.58 bits per heavy atom. The minimum Gasteiger partial charge on any atom is -0.496 e. The number of methoxy groups -OCH3 is 1. The highest BCUT2D eigenvalue weighted by molar-refractivity contribution is 7.08. The number of anilines is 1. The van der Waals surface area contributed by atoms with Crippen LogP contribution in [-0.4, -0.2) is 18.0 Å². The zero-order valence-electron chi connectivity index (χ0n) is 12.5. The molecule has 24 heavy (non-hydrogen) atoms. The first-order valence-corrected chi connectivity index (χ1v) is 8.61. The number of halogens is 2. The van der Waals surface area contributed by atoms with Crippen LogP contribution >= 0.6 is 34.5 Å². The molecule has 0 bridgehead atoms. The fraction of sp³-hybridized carbons (Fsp3) is 0.0588. The maximum absolute atomic E-state index is 12.6. The molecule has 3 aromatic rings. The van der Waals surface area contributed by atoms with Crippen LogP contribution < -0.4 is 10.1 Å². The van der Waals surface area contributed by atoms with Gasteiger partial charge in [-0.15, -0.1) is 0 Å². The van der Waals surface area contributed by atoms with Gasteiger partial charge in [-0.2, -0.15) is 11.3 Å². The van der Waals surface area contributed by atoms with E-state index in [0.717, 1.165) is 11.1 Å². The Morgan fingerprint density at radius 2 is 1.96 bits per heavy atom. The zero-order chi connectivity index (χ0) is 17.1. The lowest BCUT2D eigenvalue weighted by Gasteiger charge is -2.11. The van der Waals surface area contributed by atoms with Gasteiger partial charge in [0.15, 0.2) is 0 Å². The van der Waals surface area contributed by atoms with E-state index in [1.165, 1.54) is 12.4 Å². The van der Waals surface area contributed by atoms with Gasteiger partial charge in [-0.1, -0.05) is 23.2 Å². The summed E-state index contributed by atoms with van der Waals surface area (Å²) < 4.78 is 5.38. The van der Waals surface area contributed by atoms with Gasteiger partial charge in [0.1, 0.15) is 5.75 Å². The van der Waals surface area contributed by atoms with Gasteiger partial charge in [0.05, 0.1) is 22.8 Å². The lowest BCUT2D eigenvalue weighted by Crippen LogP contribution is -2.13. The predicted molar refractivity (Wildman–Crippen MR) is 98.5 cm³/mol. The molecule has 0 aliphatic heterocycles. The summed E-state index contributed by atoms with van der Waals surface area (Å²) in [6.07, 6.45) is 2.85. The van der Waals surface area contributed by atoms with E-state index in [1.807, 2.05) is 16.8 Å². The summed E-state index contributed by atoms with van der Waals surface area (Å²) in [7, 11) is 1.60. The fourth-order valence-corrected chi connectivity index (χ4v) is 3.32. The Labute approximate surface area is 153 Å². The van der Waals surface area contributed by atoms with Gasteiger partial charge in [0.25, 0.3) is 5.91 Å². The molecule has 0 saturated heterocycles. The molecule has 7 heteroatoms. The minimum atomic E-state index is -0.316. The van der Waals surface area contributed by atoms with Gasteiger partial charge < -0.3 is 10.1 Å². The van der Waals surface area contributed by atoms with E-state index in [1.54, 1.807) is 36.6 Å². The molecular weight excluding hydrogens is 367 g/mol. The fourth-order valence-electron chi connectivity index (χ4n) is 2.21. The number of benzene rings is 1. The third-order valence-corrected chi connectivity index (χ3v) is 4.64. The normalized spacial score (nSPS) is 10.5. The molecule has 0 unspecified atom stereocenters. The molecule has 0 aliphatic carbocycles. The van der Waals surface area contributed by atoms with Crippen LogP contribution in [0.1, 0.15) is 10.4 Å². The van der Waals surface area contributed by atoms with Gasteiger partial charge in [-0.05, 0) is 40.6 Å². The van der Waals surface area contributed by atoms with E-state index >= 15 is 0 Å². The Morgan fingerprint density at radius 1 is 1.21 bits per heavy atom. The molecule has 0 spiro atoms. The second-order valence-corrected chi connectivity index (χ2v) is 6.45. The number of rotatable bonds is 4. The summed E-state index contributed by atoms with van der Waals surface area (Å²) in [6.45, 7) is 0. The number of ether oxygens (including phenoxy) is 1. The van der Waals surface area contributed by atoms with Crippen LogP contribution in [0.25, 0.3) is 11.1 Å². The molecule has 4 nitrogen and oxygen atoms in total. The maximum Gasteiger partial charge on any atom is 0.255 e. The van der Waals surface area contributed by atoms with Gasteiger partial charge in [-0.25, -0.2) is 0 Å². The quantitative estimate of drug-likeness (QED) is 0.662. The summed E-state index contributed by atoms with van der Waals surface area (Å²) in [5.74, 6) is 0.383. The van der Waals surface area contributed by atoms with Gasteiger partial charge in [0, 0.05) is 23.5 Å². The van der Waals surface area contributed by atoms with E-state index < -0.39 is 0 Å². The van der Waals surface area contributed by atoms with E-state index in [9.17, 15) is 4.79 Å². The average Bonchev–Trinajstić information content (AvgIpc) is 3.12. The van der Waals surface area contributed by atoms with E-state index in [0.29, 0.717) is 17.0 Å². The molecule has 122 valence electrons. The van der Waals surface area contributed by atoms with E-state index in [4.69, 9.17) is 27.9 Å². The number of amides is 1. The Bertz CT molecular complexity index is 862. The SMILES string of the molecule is COc1ccc(C(=O)Nc2c(Cl)cncc2Cl)cc1-c1ccsc1. The number of carbonyl (C=O) groups is 1. The molecule has 2 heterocycles. The van der Waals surface area contributed by atoms with Crippen molar-refractivity contribution >= 4 is 46.1 Å². The predicted octanol–water partition coefficient (Wildman–Crippen LogP) is 5.38. The largest absolute Gasteiger partial charge is 0.496 e. The minimum absolute atomic E-state index is 0.280. The molecule has 0 radical (unpaired) electrons. The van der Waals surface area contributed by atoms with Gasteiger partial charge in [0.2, 0.25) is 0 Å². The van der Waals surface area contributed by atoms with Crippen LogP contribution in [0.3, 0.4) is 0 Å². The standard InChI is InChI=1S/C17H12Cl2N2O2S/c1-23-15-3-2-10(6-12(15)11-4-5-24-9-11)17(22)21-16-13(18)7-20-8-14(16)19/h2-9H,1H3,(H,20,21,22). The van der Waals surface area contributed by atoms with E-state index in [-0.39, 0.29) is 16.0 Å². The second-order valence-electron chi connectivity index (χ2n) is 4.86. The third-order valence-electron chi connectivity index (χ3n) is 3.39. The lowest BCUT2D eigenvalue weighted by molar-refractivity contribution is 0.102. The van der Waals surface area contributed by atoms with Crippen LogP contribution in [0.5, 0.6) is 5.75 Å². The number of pyridine rings is 1. The summed E-state index contributed by atoms with van der Waals surface area (Å²) in [4.78, 5) is 16.4. The summed E-state index contributed by atoms with van der Waals surface area (Å²) in [6, 6.07) is 7.20. The smallest absolute Gasteiger partial charge is 0.255 e. The highest BCUT2D eigenvalue weighted by atomic mass is 35.5. The number of aromatic nitrogens is 1. The van der Waals surface area contributed by atoms with Crippen molar-refractivity contribution in [2.45, 2.75) is 0 Å². The molecule has 0 saturated carbocycles. The zero-order valence-corrected chi connectivity index (χ0v) is 14.9. The first-order chi connectivity index (χ1) is 11.6. The number of carbonyl (C=O) groups excluding carboxylic acids is 1. The molecule has 1 N–H and O–H groups in total. The second kappa shape index (κ2) is 7.21. The van der Waals surface area contributed by atoms with Crippen molar-refractivity contribution in [1.29, 1.82) is 0 Å². The molecule has 2 aromatic heterocycles. The Balaban J connectivity index is 1.95. The first-order valence-electron chi connectivity index (χ1n) is 6.91. The molecule has 1 amide bonds. The van der Waals surface area contributed by atoms with E-state index in [2.05, 4.69) is 10.3 Å². The van der Waals surface area contributed by atoms with Crippen molar-refractivity contribution in [3.8, 4) is 16.9 Å². The number of hydrogen-bond acceptors (Lipinski definition) is 4. The number of nitrogens with one attached hydrogen (secondary N) is 1. The molecule has 0 atom stereocenters. The van der Waals surface area contributed by atoms with Crippen LogP contribution in [0.15, 0.2) is 47.4 Å². The molecule has 3 rings (SSSR count). The van der Waals surface area contributed by atoms with Crippen LogP contribution in [-0.2, 0) is 0 Å². The van der Waals surface area contributed by atoms with Crippen molar-refractivity contribution in [1.82, 2.24) is 4.98 Å². The Kier molecular flexibility index (Phi) is 5.04. The monoisotopic (exact) mass is 378 g/mol. The molecular formula is C17H12Cl2N2O2S. The number of thiophene rings is 1. The lowest BCUT2D eigenvalue weighted by atomic mass is 10.0. The van der Waals surface area contributed by atoms with Gasteiger partial charge in [-0.3, -0.25) is 9.78 Å². The number of nitrogens with zero attached hydrogens (tertiary/aromatic N) is 1. The van der Waals surface area contributed by atoms with Crippen LogP contribution in [0.2, 0.25) is 10.0 Å². The van der Waals surface area contributed by atoms with Crippen LogP contribution in [0.4, 0.5) is 5.69 Å². The van der Waals surface area contributed by atoms with Crippen molar-refractivity contribution in [2.75, 3.05) is 12.4 Å². The van der Waals surface area contributed by atoms with Crippen molar-refractivity contribution in [3.05, 3.63) is 63.0 Å². The summed E-state index contributed by atoms with van der Waals surface area (Å²) >= 11 is 13.7. The molecule has 1 aromatic carbocycles. The highest BCUT2D eigenvalue weighted by Gasteiger charge is 2.15. The van der Waals surface area contributed by atoms with Crippen molar-refractivity contribution in [2.24, 2.45) is 0 Å². The first kappa shape index (κ1) is 16.8. The van der Waals surface area contributed by atoms with Crippen molar-refractivity contribution in [3.63, 3.8) is 0 Å².